The highest BCUT2D eigenvalue weighted by atomic mass is 19.3. The Morgan fingerprint density at radius 1 is 0.833 bits per heavy atom. The second kappa shape index (κ2) is 19.6. The number of nitrogens with one attached hydrogen (secondary N) is 4. The van der Waals surface area contributed by atoms with Gasteiger partial charge in [-0.2, -0.15) is 8.78 Å². The third kappa shape index (κ3) is 9.87. The first-order chi connectivity index (χ1) is 34.7. The van der Waals surface area contributed by atoms with E-state index in [0.29, 0.717) is 95.1 Å². The second-order valence-corrected chi connectivity index (χ2v) is 19.0. The minimum absolute atomic E-state index is 0.0102. The van der Waals surface area contributed by atoms with Crippen molar-refractivity contribution in [2.45, 2.75) is 57.2 Å². The van der Waals surface area contributed by atoms with Gasteiger partial charge < -0.3 is 35.2 Å². The quantitative estimate of drug-likeness (QED) is 0.0548. The first kappa shape index (κ1) is 48.1. The number of fused-ring (bicyclic) bond motifs is 2. The first-order valence-electron chi connectivity index (χ1n) is 24.0. The molecule has 4 fully saturated rings. The third-order valence-electron chi connectivity index (χ3n) is 14.3. The maximum atomic E-state index is 15.8. The number of methoxy groups -OCH3 is 1. The van der Waals surface area contributed by atoms with Gasteiger partial charge in [-0.05, 0) is 117 Å². The van der Waals surface area contributed by atoms with Gasteiger partial charge in [0.1, 0.15) is 34.5 Å². The highest BCUT2D eigenvalue weighted by molar-refractivity contribution is 6.17. The molecule has 5 aliphatic rings. The Balaban J connectivity index is 0.705. The standard InChI is InChI=1S/C52H52F3N9O8/c1-71-44-25-37-40(56-20-15-43(37)72-35-11-9-34(10-12-35)58-50(70)51(18-19-51)49(69)57-33-7-5-32(53)6-8-33)26-42(44)62-21-16-31(17-22-62)27-63-24-23-61(30-52(63,54)55)29-46(66)59-39-4-2-3-36-38(39)28-64(48(36)68)41-13-14-45(65)60-47(41)67/h2-12,15,20,25-26,31,41H,13-14,16-19,21-24,27-30H2,1H3,(H,57,69)(H,58,70)(H,59,66)(H,60,65,67)/t41-/m0/s1. The Morgan fingerprint density at radius 2 is 1.54 bits per heavy atom. The molecule has 1 saturated carbocycles. The second-order valence-electron chi connectivity index (χ2n) is 19.0. The average Bonchev–Trinajstić information content (AvgIpc) is 4.12. The lowest BCUT2D eigenvalue weighted by Crippen LogP contribution is -2.59. The van der Waals surface area contributed by atoms with Crippen LogP contribution >= 0.6 is 0 Å². The molecule has 17 nitrogen and oxygen atoms in total. The Kier molecular flexibility index (Phi) is 13.1. The molecule has 5 aromatic rings. The minimum atomic E-state index is -3.17. The third-order valence-corrected chi connectivity index (χ3v) is 14.3. The van der Waals surface area contributed by atoms with E-state index < -0.39 is 59.4 Å². The molecule has 72 heavy (non-hydrogen) atoms. The van der Waals surface area contributed by atoms with E-state index in [9.17, 15) is 33.2 Å². The summed E-state index contributed by atoms with van der Waals surface area (Å²) in [5.41, 5.74) is 2.40. The van der Waals surface area contributed by atoms with Gasteiger partial charge in [0.25, 0.3) is 5.91 Å². The summed E-state index contributed by atoms with van der Waals surface area (Å²) in [6.45, 7) is 0.938. The van der Waals surface area contributed by atoms with Crippen LogP contribution in [0.25, 0.3) is 10.9 Å². The topological polar surface area (TPSA) is 195 Å². The number of nitrogens with zero attached hydrogens (tertiary/aromatic N) is 5. The summed E-state index contributed by atoms with van der Waals surface area (Å²) < 4.78 is 57.1. The van der Waals surface area contributed by atoms with Gasteiger partial charge >= 0.3 is 6.05 Å². The lowest BCUT2D eigenvalue weighted by Gasteiger charge is -2.43. The zero-order valence-corrected chi connectivity index (χ0v) is 39.4. The van der Waals surface area contributed by atoms with Gasteiger partial charge in [0, 0.05) is 85.5 Å². The lowest BCUT2D eigenvalue weighted by molar-refractivity contribution is -0.189. The van der Waals surface area contributed by atoms with Crippen molar-refractivity contribution in [2.24, 2.45) is 11.3 Å². The summed E-state index contributed by atoms with van der Waals surface area (Å²) in [5, 5.41) is 11.3. The average molecular weight is 988 g/mol. The SMILES string of the molecule is COc1cc2c(Oc3ccc(NC(=O)C4(C(=O)Nc5ccc(F)cc5)CC4)cc3)ccnc2cc1N1CCC(CN2CCN(CC(=O)Nc3cccc4c3CN([C@H]3CCC(=O)NC3=O)C4=O)CC2(F)F)CC1. The fourth-order valence-electron chi connectivity index (χ4n) is 10.1. The van der Waals surface area contributed by atoms with Crippen molar-refractivity contribution in [2.75, 3.05) is 73.8 Å². The Labute approximate surface area is 412 Å². The van der Waals surface area contributed by atoms with Crippen molar-refractivity contribution in [1.82, 2.24) is 25.0 Å². The fourth-order valence-corrected chi connectivity index (χ4v) is 10.1. The predicted molar refractivity (Wildman–Crippen MR) is 259 cm³/mol. The van der Waals surface area contributed by atoms with Crippen molar-refractivity contribution >= 4 is 69.1 Å². The van der Waals surface area contributed by atoms with Crippen molar-refractivity contribution in [3.63, 3.8) is 0 Å². The molecule has 5 heterocycles. The Hall–Kier alpha value is -7.58. The number of carbonyl (C=O) groups is 6. The number of benzene rings is 4. The predicted octanol–water partition coefficient (Wildman–Crippen LogP) is 6.36. The van der Waals surface area contributed by atoms with Crippen LogP contribution < -0.4 is 35.6 Å². The van der Waals surface area contributed by atoms with E-state index >= 15 is 8.78 Å². The maximum Gasteiger partial charge on any atom is 0.317 e. The van der Waals surface area contributed by atoms with Crippen molar-refractivity contribution in [1.29, 1.82) is 0 Å². The Bertz CT molecular complexity index is 2960. The van der Waals surface area contributed by atoms with Crippen LogP contribution in [0.5, 0.6) is 17.2 Å². The molecular formula is C52H52F3N9O8. The van der Waals surface area contributed by atoms with Gasteiger partial charge in [-0.1, -0.05) is 6.07 Å². The van der Waals surface area contributed by atoms with Crippen LogP contribution in [0.3, 0.4) is 0 Å². The number of ether oxygens (including phenoxy) is 2. The van der Waals surface area contributed by atoms with E-state index in [0.717, 1.165) is 5.69 Å². The molecule has 20 heteroatoms. The molecule has 4 N–H and O–H groups in total. The van der Waals surface area contributed by atoms with Crippen LogP contribution in [-0.2, 0) is 30.5 Å². The molecule has 374 valence electrons. The number of anilines is 4. The van der Waals surface area contributed by atoms with Crippen molar-refractivity contribution in [3.8, 4) is 17.2 Å². The van der Waals surface area contributed by atoms with E-state index in [-0.39, 0.29) is 57.4 Å². The van der Waals surface area contributed by atoms with Gasteiger partial charge in [0.15, 0.2) is 0 Å². The number of hydrogen-bond acceptors (Lipinski definition) is 12. The van der Waals surface area contributed by atoms with Gasteiger partial charge in [0.2, 0.25) is 29.5 Å². The highest BCUT2D eigenvalue weighted by Gasteiger charge is 2.56. The monoisotopic (exact) mass is 987 g/mol. The number of piperazine rings is 1. The van der Waals surface area contributed by atoms with E-state index in [1.165, 1.54) is 39.0 Å². The van der Waals surface area contributed by atoms with Crippen LogP contribution in [0.1, 0.15) is 54.4 Å². The molecule has 10 rings (SSSR count). The zero-order chi connectivity index (χ0) is 50.3. The van der Waals surface area contributed by atoms with Crippen molar-refractivity contribution < 1.29 is 51.4 Å². The highest BCUT2D eigenvalue weighted by Crippen LogP contribution is 2.48. The summed E-state index contributed by atoms with van der Waals surface area (Å²) in [6.07, 6.45) is 4.08. The van der Waals surface area contributed by atoms with E-state index in [2.05, 4.69) is 31.2 Å². The van der Waals surface area contributed by atoms with E-state index in [1.54, 1.807) is 61.8 Å². The molecule has 4 aromatic carbocycles. The number of rotatable bonds is 14. The molecule has 1 atom stereocenters. The zero-order valence-electron chi connectivity index (χ0n) is 39.4. The molecule has 0 bridgehead atoms. The normalized spacial score (nSPS) is 19.9. The van der Waals surface area contributed by atoms with Crippen LogP contribution in [-0.4, -0.2) is 120 Å². The van der Waals surface area contributed by atoms with Gasteiger partial charge in [-0.25, -0.2) is 9.29 Å². The number of alkyl halides is 2. The van der Waals surface area contributed by atoms with E-state index in [4.69, 9.17) is 9.47 Å². The number of carbonyl (C=O) groups excluding carboxylic acids is 6. The van der Waals surface area contributed by atoms with Crippen LogP contribution in [0.15, 0.2) is 91.1 Å². The van der Waals surface area contributed by atoms with Gasteiger partial charge in [-0.3, -0.25) is 44.0 Å². The molecule has 3 saturated heterocycles. The number of imide groups is 1. The molecule has 4 aliphatic heterocycles. The number of hydrogen-bond donors (Lipinski definition) is 4. The number of amides is 6. The van der Waals surface area contributed by atoms with Gasteiger partial charge in [-0.15, -0.1) is 0 Å². The van der Waals surface area contributed by atoms with Gasteiger partial charge in [0.05, 0.1) is 31.4 Å². The molecule has 1 aromatic heterocycles. The molecule has 6 amide bonds. The summed E-state index contributed by atoms with van der Waals surface area (Å²) in [4.78, 5) is 87.8. The summed E-state index contributed by atoms with van der Waals surface area (Å²) >= 11 is 0. The molecule has 1 aliphatic carbocycles. The molecule has 0 radical (unpaired) electrons. The van der Waals surface area contributed by atoms with Crippen molar-refractivity contribution in [3.05, 3.63) is 108 Å². The number of aromatic nitrogens is 1. The molecule has 0 spiro atoms. The molecular weight excluding hydrogens is 936 g/mol. The number of piperidine rings is 2. The molecule has 0 unspecified atom stereocenters. The van der Waals surface area contributed by atoms with Crippen LogP contribution in [0.2, 0.25) is 0 Å². The van der Waals surface area contributed by atoms with Crippen LogP contribution in [0.4, 0.5) is 35.9 Å². The summed E-state index contributed by atoms with van der Waals surface area (Å²) in [5.74, 6) is -1.50. The first-order valence-corrected chi connectivity index (χ1v) is 24.0. The largest absolute Gasteiger partial charge is 0.495 e. The summed E-state index contributed by atoms with van der Waals surface area (Å²) in [7, 11) is 1.58. The lowest BCUT2D eigenvalue weighted by atomic mass is 9.95. The Morgan fingerprint density at radius 3 is 2.21 bits per heavy atom. The van der Waals surface area contributed by atoms with Crippen LogP contribution in [0, 0.1) is 17.2 Å². The smallest absolute Gasteiger partial charge is 0.317 e. The maximum absolute atomic E-state index is 15.8. The summed E-state index contributed by atoms with van der Waals surface area (Å²) in [6, 6.07) is 18.5. The number of pyridine rings is 1. The fraction of sp³-hybridized carbons (Fsp3) is 0.365. The van der Waals surface area contributed by atoms with E-state index in [1.807, 2.05) is 12.1 Å². The minimum Gasteiger partial charge on any atom is -0.495 e. The number of halogens is 3.